The molecule has 0 saturated carbocycles. The summed E-state index contributed by atoms with van der Waals surface area (Å²) in [6.45, 7) is 0. The molecule has 0 fully saturated rings. The van der Waals surface area contributed by atoms with Gasteiger partial charge in [-0.2, -0.15) is 0 Å². The van der Waals surface area contributed by atoms with Gasteiger partial charge in [0.2, 0.25) is 0 Å². The van der Waals surface area contributed by atoms with Crippen LogP contribution in [-0.4, -0.2) is 23.9 Å². The summed E-state index contributed by atoms with van der Waals surface area (Å²) < 4.78 is 0. The summed E-state index contributed by atoms with van der Waals surface area (Å²) >= 11 is 0. The number of hydrogen-bond donors (Lipinski definition) is 0. The average Bonchev–Trinajstić information content (AvgIpc) is 2.43. The largest absolute Gasteiger partial charge is 1.00 e. The second-order valence-corrected chi connectivity index (χ2v) is 4.22. The van der Waals surface area contributed by atoms with E-state index in [4.69, 9.17) is 0 Å². The first-order valence-corrected chi connectivity index (χ1v) is 5.70. The van der Waals surface area contributed by atoms with Crippen molar-refractivity contribution in [2.45, 2.75) is 0 Å². The molecular weight excluding hydrogens is 453 g/mol. The molecule has 0 spiro atoms. The maximum Gasteiger partial charge on any atom is 1.00 e. The molecule has 8 nitrogen and oxygen atoms in total. The molecule has 0 aliphatic carbocycles. The fraction of sp³-hybridized carbons (Fsp3) is 0. The third-order valence-corrected chi connectivity index (χ3v) is 3.03. The number of fused-ring (bicyclic) bond motifs is 1. The predicted molar refractivity (Wildman–Crippen MR) is 61.3 cm³/mol. The zero-order chi connectivity index (χ0) is 16.6. The van der Waals surface area contributed by atoms with Gasteiger partial charge in [0.1, 0.15) is 0 Å². The molecule has 0 aliphatic heterocycles. The minimum absolute atomic E-state index is 0. The summed E-state index contributed by atoms with van der Waals surface area (Å²) in [7, 11) is 0. The van der Waals surface area contributed by atoms with Crippen molar-refractivity contribution < 1.29 is 245 Å². The van der Waals surface area contributed by atoms with E-state index in [1.807, 2.05) is 0 Å². The van der Waals surface area contributed by atoms with E-state index in [1.165, 1.54) is 0 Å². The van der Waals surface area contributed by atoms with Gasteiger partial charge in [0, 0.05) is 27.6 Å². The van der Waals surface area contributed by atoms with E-state index in [-0.39, 0.29) is 206 Å². The maximum absolute atomic E-state index is 11.2. The Kier molecular flexibility index (Phi) is 19.5. The molecule has 112 valence electrons. The van der Waals surface area contributed by atoms with Crippen molar-refractivity contribution in [3.8, 4) is 0 Å². The van der Waals surface area contributed by atoms with Crippen LogP contribution in [0.2, 0.25) is 0 Å². The summed E-state index contributed by atoms with van der Waals surface area (Å²) in [5.74, 6) is -7.53. The Morgan fingerprint density at radius 1 is 0.615 bits per heavy atom. The SMILES string of the molecule is O=C([O-])c1cc(C(=O)[O-])c2c(C(=O)[O-])cccc2c1C(=O)[O-].[K+].[K+].[K+].[K+]. The Balaban J connectivity index is -0.00000132. The molecule has 0 aliphatic rings. The predicted octanol–water partition coefficient (Wildman–Crippen LogP) is -15.7. The van der Waals surface area contributed by atoms with Gasteiger partial charge in [0.05, 0.1) is 23.9 Å². The summed E-state index contributed by atoms with van der Waals surface area (Å²) in [6, 6.07) is 3.61. The number of carboxylic acid groups (broad SMARTS) is 4. The first-order chi connectivity index (χ1) is 10.3. The maximum atomic E-state index is 11.2. The molecule has 0 N–H and O–H groups in total. The van der Waals surface area contributed by atoms with E-state index >= 15 is 0 Å². The Morgan fingerprint density at radius 3 is 1.46 bits per heavy atom. The zero-order valence-corrected chi connectivity index (χ0v) is 27.1. The Hall–Kier alpha value is 3.13. The van der Waals surface area contributed by atoms with Gasteiger partial charge >= 0.3 is 206 Å². The molecule has 0 heterocycles. The number of hydrogen-bond acceptors (Lipinski definition) is 8. The molecule has 2 aromatic rings. The van der Waals surface area contributed by atoms with Crippen LogP contribution in [-0.2, 0) is 0 Å². The van der Waals surface area contributed by atoms with Crippen LogP contribution in [0.5, 0.6) is 0 Å². The molecule has 26 heavy (non-hydrogen) atoms. The molecule has 2 aromatic carbocycles. The molecule has 0 amide bonds. The Bertz CT molecular complexity index is 866. The minimum Gasteiger partial charge on any atom is -0.545 e. The fourth-order valence-electron chi connectivity index (χ4n) is 2.20. The van der Waals surface area contributed by atoms with Crippen molar-refractivity contribution in [3.05, 3.63) is 46.5 Å². The van der Waals surface area contributed by atoms with Crippen molar-refractivity contribution >= 4 is 34.6 Å². The van der Waals surface area contributed by atoms with Gasteiger partial charge in [-0.1, -0.05) is 18.2 Å². The Morgan fingerprint density at radius 2 is 1.08 bits per heavy atom. The van der Waals surface area contributed by atoms with E-state index in [0.29, 0.717) is 6.07 Å². The van der Waals surface area contributed by atoms with E-state index in [0.717, 1.165) is 18.2 Å². The topological polar surface area (TPSA) is 161 Å². The molecule has 0 unspecified atom stereocenters. The zero-order valence-electron chi connectivity index (χ0n) is 14.6. The van der Waals surface area contributed by atoms with Crippen LogP contribution >= 0.6 is 0 Å². The first-order valence-electron chi connectivity index (χ1n) is 5.70. The minimum atomic E-state index is -1.96. The van der Waals surface area contributed by atoms with E-state index < -0.39 is 56.9 Å². The summed E-state index contributed by atoms with van der Waals surface area (Å²) in [6.07, 6.45) is 0. The van der Waals surface area contributed by atoms with Crippen LogP contribution in [0.15, 0.2) is 24.3 Å². The Labute approximate surface area is 317 Å². The van der Waals surface area contributed by atoms with Crippen molar-refractivity contribution in [1.29, 1.82) is 0 Å². The van der Waals surface area contributed by atoms with Crippen LogP contribution in [0.25, 0.3) is 10.8 Å². The van der Waals surface area contributed by atoms with Gasteiger partial charge in [-0.3, -0.25) is 0 Å². The summed E-state index contributed by atoms with van der Waals surface area (Å²) in [5.41, 5.74) is -3.27. The number of rotatable bonds is 4. The molecule has 0 bridgehead atoms. The fourth-order valence-corrected chi connectivity index (χ4v) is 2.20. The second kappa shape index (κ2) is 15.0. The van der Waals surface area contributed by atoms with Crippen LogP contribution < -0.4 is 226 Å². The molecule has 0 aromatic heterocycles. The van der Waals surface area contributed by atoms with Crippen molar-refractivity contribution in [1.82, 2.24) is 0 Å². The van der Waals surface area contributed by atoms with Gasteiger partial charge in [-0.05, 0) is 11.5 Å². The second-order valence-electron chi connectivity index (χ2n) is 4.22. The summed E-state index contributed by atoms with van der Waals surface area (Å²) in [4.78, 5) is 44.4. The number of aromatic carboxylic acids is 4. The van der Waals surface area contributed by atoms with Crippen LogP contribution in [0.4, 0.5) is 0 Å². The third kappa shape index (κ3) is 7.67. The van der Waals surface area contributed by atoms with Gasteiger partial charge < -0.3 is 39.6 Å². The monoisotopic (exact) mass is 456 g/mol. The van der Waals surface area contributed by atoms with Crippen LogP contribution in [0, 0.1) is 0 Å². The quantitative estimate of drug-likeness (QED) is 0.410. The van der Waals surface area contributed by atoms with Gasteiger partial charge in [0.25, 0.3) is 0 Å². The number of carboxylic acids is 4. The van der Waals surface area contributed by atoms with E-state index in [1.54, 1.807) is 0 Å². The van der Waals surface area contributed by atoms with Crippen molar-refractivity contribution in [2.75, 3.05) is 0 Å². The van der Waals surface area contributed by atoms with Gasteiger partial charge in [-0.15, -0.1) is 0 Å². The van der Waals surface area contributed by atoms with Crippen molar-refractivity contribution in [2.24, 2.45) is 0 Å². The van der Waals surface area contributed by atoms with Crippen LogP contribution in [0.1, 0.15) is 41.4 Å². The van der Waals surface area contributed by atoms with Crippen LogP contribution in [0.3, 0.4) is 0 Å². The standard InChI is InChI=1S/C14H8O8.4K/c15-11(16)6-3-1-2-5-9(6)7(12(17)18)4-8(13(19)20)10(5)14(21)22;;;;/h1-4H,(H,15,16)(H,17,18)(H,19,20)(H,21,22);;;;/q;4*+1/p-4. The van der Waals surface area contributed by atoms with E-state index in [2.05, 4.69) is 0 Å². The van der Waals surface area contributed by atoms with Gasteiger partial charge in [-0.25, -0.2) is 0 Å². The van der Waals surface area contributed by atoms with Gasteiger partial charge in [0.15, 0.2) is 0 Å². The number of benzene rings is 2. The third-order valence-electron chi connectivity index (χ3n) is 3.03. The van der Waals surface area contributed by atoms with Crippen molar-refractivity contribution in [3.63, 3.8) is 0 Å². The number of carbonyl (C=O) groups is 4. The normalized spacial score (nSPS) is 8.77. The number of carbonyl (C=O) groups excluding carboxylic acids is 4. The molecule has 0 radical (unpaired) electrons. The molecular formula is C14H4K4O8. The smallest absolute Gasteiger partial charge is 0.545 e. The molecule has 12 heteroatoms. The molecule has 2 rings (SSSR count). The van der Waals surface area contributed by atoms with E-state index in [9.17, 15) is 39.6 Å². The first kappa shape index (κ1) is 33.8. The average molecular weight is 457 g/mol. The summed E-state index contributed by atoms with van der Waals surface area (Å²) in [5, 5.41) is 43.4. The molecule has 0 saturated heterocycles. The molecule has 0 atom stereocenters.